The van der Waals surface area contributed by atoms with Gasteiger partial charge in [0.2, 0.25) is 5.91 Å². The quantitative estimate of drug-likeness (QED) is 0.321. The number of halogens is 1. The fourth-order valence-corrected chi connectivity index (χ4v) is 3.76. The van der Waals surface area contributed by atoms with Crippen LogP contribution in [0.1, 0.15) is 31.9 Å². The molecule has 0 bridgehead atoms. The number of amides is 1. The monoisotopic (exact) mass is 419 g/mol. The minimum atomic E-state index is -0.191. The Kier molecular flexibility index (Phi) is 7.17. The Morgan fingerprint density at radius 3 is 2.93 bits per heavy atom. The van der Waals surface area contributed by atoms with Crippen molar-refractivity contribution in [2.45, 2.75) is 37.9 Å². The fraction of sp³-hybridized carbons (Fsp3) is 0.350. The predicted octanol–water partition coefficient (Wildman–Crippen LogP) is 4.09. The van der Waals surface area contributed by atoms with E-state index in [9.17, 15) is 9.59 Å². The summed E-state index contributed by atoms with van der Waals surface area (Å²) in [5, 5.41) is 4.34. The lowest BCUT2D eigenvalue weighted by molar-refractivity contribution is -0.118. The van der Waals surface area contributed by atoms with Crippen LogP contribution in [0.25, 0.3) is 10.9 Å². The average Bonchev–Trinajstić information content (AvgIpc) is 3.19. The molecule has 0 unspecified atom stereocenters. The van der Waals surface area contributed by atoms with Crippen molar-refractivity contribution in [2.24, 2.45) is 0 Å². The predicted molar refractivity (Wildman–Crippen MR) is 112 cm³/mol. The van der Waals surface area contributed by atoms with E-state index < -0.39 is 0 Å². The number of thioether (sulfide) groups is 1. The van der Waals surface area contributed by atoms with Crippen LogP contribution in [-0.2, 0) is 11.3 Å². The van der Waals surface area contributed by atoms with Crippen molar-refractivity contribution in [3.05, 3.63) is 57.7 Å². The maximum Gasteiger partial charge on any atom is 0.262 e. The Labute approximate surface area is 172 Å². The summed E-state index contributed by atoms with van der Waals surface area (Å²) in [7, 11) is 0. The van der Waals surface area contributed by atoms with Crippen LogP contribution in [0.3, 0.4) is 0 Å². The van der Waals surface area contributed by atoms with E-state index in [4.69, 9.17) is 16.0 Å². The van der Waals surface area contributed by atoms with Gasteiger partial charge in [-0.25, -0.2) is 4.98 Å². The second-order valence-corrected chi connectivity index (χ2v) is 7.75. The van der Waals surface area contributed by atoms with Gasteiger partial charge >= 0.3 is 0 Å². The molecular formula is C20H22ClN3O3S. The third-order valence-electron chi connectivity index (χ3n) is 4.21. The third-order valence-corrected chi connectivity index (χ3v) is 5.42. The van der Waals surface area contributed by atoms with Gasteiger partial charge in [-0.05, 0) is 36.8 Å². The summed E-state index contributed by atoms with van der Waals surface area (Å²) in [4.78, 5) is 29.7. The SMILES string of the molecule is CCCCCNC(=O)CSc1nc2cc(Cl)ccc2c(=O)n1Cc1ccco1. The first-order valence-corrected chi connectivity index (χ1v) is 10.6. The van der Waals surface area contributed by atoms with Gasteiger partial charge in [-0.1, -0.05) is 43.1 Å². The van der Waals surface area contributed by atoms with Gasteiger partial charge in [-0.3, -0.25) is 14.2 Å². The molecule has 6 nitrogen and oxygen atoms in total. The molecule has 2 aromatic heterocycles. The molecule has 0 spiro atoms. The highest BCUT2D eigenvalue weighted by Crippen LogP contribution is 2.21. The number of unbranched alkanes of at least 4 members (excludes halogenated alkanes) is 2. The number of aromatic nitrogens is 2. The minimum Gasteiger partial charge on any atom is -0.467 e. The molecule has 1 N–H and O–H groups in total. The zero-order valence-corrected chi connectivity index (χ0v) is 17.2. The minimum absolute atomic E-state index is 0.0777. The second-order valence-electron chi connectivity index (χ2n) is 6.37. The molecule has 0 saturated carbocycles. The lowest BCUT2D eigenvalue weighted by Gasteiger charge is -2.12. The standard InChI is InChI=1S/C20H22ClN3O3S/c1-2-3-4-9-22-18(25)13-28-20-23-17-11-14(21)7-8-16(17)19(26)24(20)12-15-6-5-10-27-15/h5-8,10-11H,2-4,9,12-13H2,1H3,(H,22,25). The second kappa shape index (κ2) is 9.80. The molecule has 8 heteroatoms. The number of rotatable bonds is 9. The topological polar surface area (TPSA) is 77.1 Å². The summed E-state index contributed by atoms with van der Waals surface area (Å²) in [6.45, 7) is 3.03. The Morgan fingerprint density at radius 1 is 1.32 bits per heavy atom. The normalized spacial score (nSPS) is 11.1. The number of carbonyl (C=O) groups is 1. The summed E-state index contributed by atoms with van der Waals surface area (Å²) in [5.74, 6) is 0.747. The summed E-state index contributed by atoms with van der Waals surface area (Å²) in [6, 6.07) is 8.56. The molecule has 2 heterocycles. The number of nitrogens with one attached hydrogen (secondary N) is 1. The number of nitrogens with zero attached hydrogens (tertiary/aromatic N) is 2. The van der Waals surface area contributed by atoms with Crippen LogP contribution in [0.4, 0.5) is 0 Å². The number of hydrogen-bond acceptors (Lipinski definition) is 5. The average molecular weight is 420 g/mol. The van der Waals surface area contributed by atoms with Gasteiger partial charge in [-0.2, -0.15) is 0 Å². The van der Waals surface area contributed by atoms with Crippen molar-refractivity contribution >= 4 is 40.2 Å². The van der Waals surface area contributed by atoms with Gasteiger partial charge in [0.05, 0.1) is 29.5 Å². The van der Waals surface area contributed by atoms with E-state index in [1.165, 1.54) is 16.3 Å². The van der Waals surface area contributed by atoms with Gasteiger partial charge in [0.1, 0.15) is 5.76 Å². The number of furan rings is 1. The van der Waals surface area contributed by atoms with Crippen molar-refractivity contribution in [1.29, 1.82) is 0 Å². The van der Waals surface area contributed by atoms with Crippen LogP contribution in [0.5, 0.6) is 0 Å². The highest BCUT2D eigenvalue weighted by molar-refractivity contribution is 7.99. The maximum absolute atomic E-state index is 13.0. The van der Waals surface area contributed by atoms with Crippen LogP contribution >= 0.6 is 23.4 Å². The summed E-state index contributed by atoms with van der Waals surface area (Å²) in [6.07, 6.45) is 4.71. The van der Waals surface area contributed by atoms with Gasteiger partial charge < -0.3 is 9.73 Å². The van der Waals surface area contributed by atoms with Crippen molar-refractivity contribution in [2.75, 3.05) is 12.3 Å². The highest BCUT2D eigenvalue weighted by Gasteiger charge is 2.15. The van der Waals surface area contributed by atoms with Crippen LogP contribution in [0.2, 0.25) is 5.02 Å². The van der Waals surface area contributed by atoms with Gasteiger partial charge in [0.25, 0.3) is 5.56 Å². The Balaban J connectivity index is 1.84. The van der Waals surface area contributed by atoms with Crippen molar-refractivity contribution < 1.29 is 9.21 Å². The lowest BCUT2D eigenvalue weighted by Crippen LogP contribution is -2.28. The van der Waals surface area contributed by atoms with Crippen LogP contribution in [0.15, 0.2) is 51.0 Å². The smallest absolute Gasteiger partial charge is 0.262 e. The van der Waals surface area contributed by atoms with E-state index in [0.29, 0.717) is 33.4 Å². The molecule has 1 amide bonds. The molecule has 0 aliphatic heterocycles. The summed E-state index contributed by atoms with van der Waals surface area (Å²) < 4.78 is 6.91. The fourth-order valence-electron chi connectivity index (χ4n) is 2.77. The van der Waals surface area contributed by atoms with E-state index in [1.807, 2.05) is 0 Å². The first-order chi connectivity index (χ1) is 13.6. The largest absolute Gasteiger partial charge is 0.467 e. The molecule has 0 radical (unpaired) electrons. The van der Waals surface area contributed by atoms with Crippen molar-refractivity contribution in [3.8, 4) is 0 Å². The zero-order chi connectivity index (χ0) is 19.9. The Bertz CT molecular complexity index is 1000. The number of hydrogen-bond donors (Lipinski definition) is 1. The van der Waals surface area contributed by atoms with Crippen molar-refractivity contribution in [3.63, 3.8) is 0 Å². The maximum atomic E-state index is 13.0. The molecule has 3 aromatic rings. The molecule has 1 aromatic carbocycles. The molecule has 28 heavy (non-hydrogen) atoms. The first-order valence-electron chi connectivity index (χ1n) is 9.20. The highest BCUT2D eigenvalue weighted by atomic mass is 35.5. The molecule has 148 valence electrons. The number of benzene rings is 1. The zero-order valence-electron chi connectivity index (χ0n) is 15.6. The lowest BCUT2D eigenvalue weighted by atomic mass is 10.2. The molecule has 0 aliphatic rings. The van der Waals surface area contributed by atoms with E-state index in [-0.39, 0.29) is 23.8 Å². The molecule has 0 saturated heterocycles. The summed E-state index contributed by atoms with van der Waals surface area (Å²) >= 11 is 7.28. The van der Waals surface area contributed by atoms with Gasteiger partial charge in [-0.15, -0.1) is 0 Å². The Morgan fingerprint density at radius 2 is 2.18 bits per heavy atom. The van der Waals surface area contributed by atoms with Crippen LogP contribution < -0.4 is 10.9 Å². The molecular weight excluding hydrogens is 398 g/mol. The van der Waals surface area contributed by atoms with E-state index in [2.05, 4.69) is 17.2 Å². The molecule has 0 fully saturated rings. The van der Waals surface area contributed by atoms with E-state index in [1.54, 1.807) is 36.6 Å². The van der Waals surface area contributed by atoms with E-state index in [0.717, 1.165) is 19.3 Å². The molecule has 0 atom stereocenters. The third kappa shape index (κ3) is 5.17. The Hall–Kier alpha value is -2.25. The van der Waals surface area contributed by atoms with Crippen LogP contribution in [-0.4, -0.2) is 27.8 Å². The number of fused-ring (bicyclic) bond motifs is 1. The summed E-state index contributed by atoms with van der Waals surface area (Å²) in [5.41, 5.74) is 0.322. The van der Waals surface area contributed by atoms with Crippen molar-refractivity contribution in [1.82, 2.24) is 14.9 Å². The molecule has 3 rings (SSSR count). The van der Waals surface area contributed by atoms with Crippen LogP contribution in [0, 0.1) is 0 Å². The molecule has 0 aliphatic carbocycles. The van der Waals surface area contributed by atoms with Gasteiger partial charge in [0, 0.05) is 11.6 Å². The first kappa shape index (κ1) is 20.5. The van der Waals surface area contributed by atoms with E-state index >= 15 is 0 Å². The number of carbonyl (C=O) groups excluding carboxylic acids is 1. The van der Waals surface area contributed by atoms with Gasteiger partial charge in [0.15, 0.2) is 5.16 Å².